The van der Waals surface area contributed by atoms with Crippen LogP contribution in [-0.2, 0) is 25.8 Å². The van der Waals surface area contributed by atoms with Crippen molar-refractivity contribution in [3.63, 3.8) is 0 Å². The number of nitrogens with one attached hydrogen (secondary N) is 2. The lowest BCUT2D eigenvalue weighted by molar-refractivity contribution is -0.174. The molecule has 3 unspecified atom stereocenters. The van der Waals surface area contributed by atoms with Crippen LogP contribution in [0.2, 0.25) is 0 Å². The first-order valence-electron chi connectivity index (χ1n) is 18.0. The van der Waals surface area contributed by atoms with Crippen LogP contribution in [0.5, 0.6) is 5.75 Å². The fourth-order valence-electron chi connectivity index (χ4n) is 7.41. The predicted octanol–water partition coefficient (Wildman–Crippen LogP) is 4.25. The standard InChI is InChI=1S/C39H55N5O8/c1-22-18-39(4,5)23(2)14-28(22)19-42-38(51)35-34(24(3)45)31(20-41-32(46)12-13-33(47)48)52-44(35)21-25-10-9-11-30(36(25)49)26-15-27(37(50)40-6)17-29(16-26)43(7)8/h9-11,15-17,19,22-24,28,31,34-35,45,49H,12-14,18,20-21H2,1-8H3,(H,40,50)(H,41,46)(H,47,48)/t22?,23-,24+,28?,31+,34?,35+/m1/s1. The Morgan fingerprint density at radius 1 is 1.13 bits per heavy atom. The van der Waals surface area contributed by atoms with Gasteiger partial charge in [0.25, 0.3) is 11.8 Å². The van der Waals surface area contributed by atoms with Crippen LogP contribution < -0.4 is 15.5 Å². The zero-order chi connectivity index (χ0) is 38.5. The van der Waals surface area contributed by atoms with E-state index in [-0.39, 0.29) is 48.9 Å². The van der Waals surface area contributed by atoms with E-state index in [1.807, 2.05) is 25.1 Å². The van der Waals surface area contributed by atoms with Crippen molar-refractivity contribution < 1.29 is 39.3 Å². The Bertz CT molecular complexity index is 1660. The first kappa shape index (κ1) is 40.4. The van der Waals surface area contributed by atoms with Crippen molar-refractivity contribution >= 4 is 35.6 Å². The van der Waals surface area contributed by atoms with Gasteiger partial charge in [-0.05, 0) is 66.7 Å². The summed E-state index contributed by atoms with van der Waals surface area (Å²) >= 11 is 0. The first-order chi connectivity index (χ1) is 24.4. The average Bonchev–Trinajstić information content (AvgIpc) is 3.45. The number of aromatic hydroxyl groups is 1. The molecule has 2 aromatic rings. The van der Waals surface area contributed by atoms with Gasteiger partial charge in [0.15, 0.2) is 0 Å². The highest BCUT2D eigenvalue weighted by Gasteiger charge is 2.50. The van der Waals surface area contributed by atoms with Gasteiger partial charge in [-0.25, -0.2) is 4.99 Å². The SMILES string of the molecule is CNC(=O)c1cc(-c2cccc(CN3O[C@@H](CNC(=O)CCC(=O)O)C([C@H](C)O)[C@H]3C(=O)N=CC3C[C@@H](C)C(C)(C)CC3C)c2O)cc(N(C)C)c1. The Hall–Kier alpha value is -4.33. The molecule has 13 nitrogen and oxygen atoms in total. The first-order valence-corrected chi connectivity index (χ1v) is 18.0. The molecule has 5 N–H and O–H groups in total. The Kier molecular flexibility index (Phi) is 13.2. The van der Waals surface area contributed by atoms with Crippen LogP contribution >= 0.6 is 0 Å². The van der Waals surface area contributed by atoms with Crippen molar-refractivity contribution in [1.82, 2.24) is 15.7 Å². The number of hydrogen-bond donors (Lipinski definition) is 5. The fourth-order valence-corrected chi connectivity index (χ4v) is 7.41. The summed E-state index contributed by atoms with van der Waals surface area (Å²) < 4.78 is 0. The summed E-state index contributed by atoms with van der Waals surface area (Å²) in [7, 11) is 5.26. The summed E-state index contributed by atoms with van der Waals surface area (Å²) in [6.07, 6.45) is 1.13. The quantitative estimate of drug-likeness (QED) is 0.188. The molecule has 0 radical (unpaired) electrons. The van der Waals surface area contributed by atoms with Crippen molar-refractivity contribution in [1.29, 1.82) is 0 Å². The molecule has 13 heteroatoms. The number of para-hydroxylation sites is 1. The molecule has 2 aromatic carbocycles. The molecule has 7 atom stereocenters. The molecule has 52 heavy (non-hydrogen) atoms. The second kappa shape index (κ2) is 17.0. The third-order valence-electron chi connectivity index (χ3n) is 10.9. The lowest BCUT2D eigenvalue weighted by Gasteiger charge is -2.43. The van der Waals surface area contributed by atoms with Gasteiger partial charge in [-0.1, -0.05) is 45.9 Å². The number of aliphatic carboxylic acids is 1. The van der Waals surface area contributed by atoms with Crippen molar-refractivity contribution in [2.24, 2.45) is 34.1 Å². The van der Waals surface area contributed by atoms with Crippen molar-refractivity contribution in [3.8, 4) is 16.9 Å². The minimum Gasteiger partial charge on any atom is -0.507 e. The molecule has 1 heterocycles. The summed E-state index contributed by atoms with van der Waals surface area (Å²) in [5.74, 6) is -2.45. The van der Waals surface area contributed by atoms with Crippen LogP contribution in [0, 0.1) is 29.1 Å². The Labute approximate surface area is 306 Å². The molecular formula is C39H55N5O8. The number of benzene rings is 2. The Morgan fingerprint density at radius 2 is 1.85 bits per heavy atom. The number of aliphatic hydroxyl groups is 1. The maximum Gasteiger partial charge on any atom is 0.303 e. The van der Waals surface area contributed by atoms with E-state index in [1.54, 1.807) is 50.5 Å². The van der Waals surface area contributed by atoms with Gasteiger partial charge in [0, 0.05) is 68.6 Å². The largest absolute Gasteiger partial charge is 0.507 e. The topological polar surface area (TPSA) is 181 Å². The second-order valence-electron chi connectivity index (χ2n) is 15.3. The van der Waals surface area contributed by atoms with E-state index in [4.69, 9.17) is 9.94 Å². The molecule has 3 amide bonds. The lowest BCUT2D eigenvalue weighted by atomic mass is 9.62. The molecular weight excluding hydrogens is 666 g/mol. The normalized spacial score (nSPS) is 25.1. The van der Waals surface area contributed by atoms with Crippen molar-refractivity contribution in [2.75, 3.05) is 32.6 Å². The molecule has 4 rings (SSSR count). The molecule has 2 fully saturated rings. The number of carboxylic acids is 1. The van der Waals surface area contributed by atoms with Gasteiger partial charge in [-0.2, -0.15) is 5.06 Å². The number of phenols is 1. The highest BCUT2D eigenvalue weighted by atomic mass is 16.7. The molecule has 1 aliphatic carbocycles. The van der Waals surface area contributed by atoms with Crippen LogP contribution in [-0.4, -0.2) is 96.2 Å². The van der Waals surface area contributed by atoms with Gasteiger partial charge >= 0.3 is 5.97 Å². The van der Waals surface area contributed by atoms with E-state index in [0.717, 1.165) is 18.5 Å². The van der Waals surface area contributed by atoms with Crippen molar-refractivity contribution in [3.05, 3.63) is 47.5 Å². The third kappa shape index (κ3) is 9.55. The van der Waals surface area contributed by atoms with Gasteiger partial charge < -0.3 is 30.9 Å². The second-order valence-corrected chi connectivity index (χ2v) is 15.3. The van der Waals surface area contributed by atoms with Crippen LogP contribution in [0.4, 0.5) is 5.69 Å². The Balaban J connectivity index is 1.69. The lowest BCUT2D eigenvalue weighted by Crippen LogP contribution is -2.45. The molecule has 284 valence electrons. The van der Waals surface area contributed by atoms with Gasteiger partial charge in [-0.15, -0.1) is 0 Å². The summed E-state index contributed by atoms with van der Waals surface area (Å²) in [6.45, 7) is 10.3. The number of carbonyl (C=O) groups excluding carboxylic acids is 3. The maximum absolute atomic E-state index is 14.1. The number of carbonyl (C=O) groups is 4. The molecule has 0 aromatic heterocycles. The van der Waals surface area contributed by atoms with E-state index in [2.05, 4.69) is 43.3 Å². The minimum absolute atomic E-state index is 0.0704. The average molecular weight is 722 g/mol. The number of phenolic OH excluding ortho intramolecular Hbond substituents is 1. The van der Waals surface area contributed by atoms with Gasteiger partial charge in [0.05, 0.1) is 19.1 Å². The van der Waals surface area contributed by atoms with E-state index in [0.29, 0.717) is 34.1 Å². The maximum atomic E-state index is 14.1. The predicted molar refractivity (Wildman–Crippen MR) is 199 cm³/mol. The molecule has 1 saturated heterocycles. The number of anilines is 1. The summed E-state index contributed by atoms with van der Waals surface area (Å²) in [5, 5.41) is 38.4. The van der Waals surface area contributed by atoms with Gasteiger partial charge in [0.1, 0.15) is 17.9 Å². The zero-order valence-electron chi connectivity index (χ0n) is 31.6. The zero-order valence-corrected chi connectivity index (χ0v) is 31.6. The van der Waals surface area contributed by atoms with Crippen molar-refractivity contribution in [2.45, 2.75) is 85.1 Å². The van der Waals surface area contributed by atoms with Gasteiger partial charge in [-0.3, -0.25) is 24.0 Å². The number of rotatable bonds is 13. The summed E-state index contributed by atoms with van der Waals surface area (Å²) in [5.41, 5.74) is 2.83. The number of aliphatic imine (C=N–C) groups is 1. The minimum atomic E-state index is -1.10. The van der Waals surface area contributed by atoms with Crippen LogP contribution in [0.15, 0.2) is 41.4 Å². The van der Waals surface area contributed by atoms with Crippen LogP contribution in [0.3, 0.4) is 0 Å². The smallest absolute Gasteiger partial charge is 0.303 e. The number of hydroxylamine groups is 2. The molecule has 0 bridgehead atoms. The van der Waals surface area contributed by atoms with Crippen LogP contribution in [0.1, 0.15) is 76.2 Å². The molecule has 1 aliphatic heterocycles. The van der Waals surface area contributed by atoms with E-state index in [9.17, 15) is 29.4 Å². The van der Waals surface area contributed by atoms with Gasteiger partial charge in [0.2, 0.25) is 5.91 Å². The number of hydrogen-bond acceptors (Lipinski definition) is 9. The Morgan fingerprint density at radius 3 is 2.48 bits per heavy atom. The molecule has 0 spiro atoms. The number of amides is 3. The number of nitrogens with zero attached hydrogens (tertiary/aromatic N) is 3. The van der Waals surface area contributed by atoms with E-state index < -0.39 is 42.0 Å². The van der Waals surface area contributed by atoms with Crippen LogP contribution in [0.25, 0.3) is 11.1 Å². The highest BCUT2D eigenvalue weighted by Crippen LogP contribution is 2.45. The third-order valence-corrected chi connectivity index (χ3v) is 10.9. The van der Waals surface area contributed by atoms with E-state index in [1.165, 1.54) is 5.06 Å². The number of carboxylic acid groups (broad SMARTS) is 1. The summed E-state index contributed by atoms with van der Waals surface area (Å²) in [4.78, 5) is 62.8. The molecule has 2 aliphatic rings. The fraction of sp³-hybridized carbons (Fsp3) is 0.564. The monoisotopic (exact) mass is 721 g/mol. The van der Waals surface area contributed by atoms with E-state index >= 15 is 0 Å². The summed E-state index contributed by atoms with van der Waals surface area (Å²) in [6, 6.07) is 9.44. The number of aliphatic hydroxyl groups excluding tert-OH is 1. The molecule has 1 saturated carbocycles. The highest BCUT2D eigenvalue weighted by molar-refractivity contribution is 5.97.